The van der Waals surface area contributed by atoms with Crippen molar-refractivity contribution in [3.05, 3.63) is 130 Å². The largest absolute Gasteiger partial charge is 0.370 e. The van der Waals surface area contributed by atoms with Crippen molar-refractivity contribution >= 4 is 17.4 Å². The molecule has 194 valence electrons. The Morgan fingerprint density at radius 3 is 2.32 bits per heavy atom. The average molecular weight is 530 g/mol. The van der Waals surface area contributed by atoms with E-state index in [0.29, 0.717) is 43.1 Å². The first kappa shape index (κ1) is 25.5. The smallest absolute Gasteiger partial charge is 0.327 e. The molecule has 38 heavy (non-hydrogen) atoms. The third-order valence-corrected chi connectivity index (χ3v) is 6.98. The Kier molecular flexibility index (Phi) is 8.04. The standard InChI is InChI=1S/C30H29ClFN5O/c31-26-13-12-24(20-27(26)32)28-29(35-30(38)37(28)18-7-17-36-19-16-33-21-36)34-15-14-25(22-8-3-1-4-9-22)23-10-5-2-6-11-23/h1-6,8-13,16,19-21,25,34H,7,14-15,17-18H2,(H,35,38). The van der Waals surface area contributed by atoms with Gasteiger partial charge in [0.25, 0.3) is 0 Å². The Morgan fingerprint density at radius 1 is 0.974 bits per heavy atom. The van der Waals surface area contributed by atoms with E-state index in [1.807, 2.05) is 47.2 Å². The predicted octanol–water partition coefficient (Wildman–Crippen LogP) is 6.56. The molecule has 0 bridgehead atoms. The van der Waals surface area contributed by atoms with Gasteiger partial charge in [-0.2, -0.15) is 0 Å². The molecule has 0 aliphatic rings. The molecule has 2 heterocycles. The van der Waals surface area contributed by atoms with Gasteiger partial charge in [0.2, 0.25) is 0 Å². The lowest BCUT2D eigenvalue weighted by Crippen LogP contribution is -2.18. The fourth-order valence-electron chi connectivity index (χ4n) is 4.82. The summed E-state index contributed by atoms with van der Waals surface area (Å²) in [5, 5.41) is 3.48. The maximum Gasteiger partial charge on any atom is 0.327 e. The van der Waals surface area contributed by atoms with Gasteiger partial charge in [0, 0.05) is 43.5 Å². The molecular formula is C30H29ClFN5O. The van der Waals surface area contributed by atoms with Gasteiger partial charge in [-0.25, -0.2) is 14.2 Å². The minimum atomic E-state index is -0.526. The van der Waals surface area contributed by atoms with Gasteiger partial charge in [0.05, 0.1) is 17.0 Å². The Morgan fingerprint density at radius 2 is 1.68 bits per heavy atom. The first-order valence-electron chi connectivity index (χ1n) is 12.7. The second-order valence-corrected chi connectivity index (χ2v) is 9.58. The summed E-state index contributed by atoms with van der Waals surface area (Å²) in [5.41, 5.74) is 3.41. The predicted molar refractivity (Wildman–Crippen MR) is 150 cm³/mol. The van der Waals surface area contributed by atoms with Crippen LogP contribution in [-0.4, -0.2) is 25.6 Å². The molecule has 8 heteroatoms. The molecule has 0 spiro atoms. The van der Waals surface area contributed by atoms with E-state index in [0.717, 1.165) is 6.42 Å². The van der Waals surface area contributed by atoms with Crippen LogP contribution in [0, 0.1) is 5.82 Å². The van der Waals surface area contributed by atoms with Crippen molar-refractivity contribution in [2.45, 2.75) is 31.8 Å². The topological polar surface area (TPSA) is 67.6 Å². The minimum absolute atomic E-state index is 0.0429. The zero-order valence-corrected chi connectivity index (χ0v) is 21.6. The first-order chi connectivity index (χ1) is 18.6. The molecule has 0 amide bonds. The van der Waals surface area contributed by atoms with Crippen molar-refractivity contribution in [1.82, 2.24) is 19.1 Å². The first-order valence-corrected chi connectivity index (χ1v) is 13.1. The molecule has 2 aromatic heterocycles. The summed E-state index contributed by atoms with van der Waals surface area (Å²) in [4.78, 5) is 20.1. The van der Waals surface area contributed by atoms with E-state index in [9.17, 15) is 9.18 Å². The molecule has 0 unspecified atom stereocenters. The molecule has 0 aliphatic heterocycles. The van der Waals surface area contributed by atoms with Crippen LogP contribution in [0.2, 0.25) is 5.02 Å². The van der Waals surface area contributed by atoms with Crippen molar-refractivity contribution in [3.8, 4) is 11.3 Å². The number of anilines is 1. The molecule has 3 aromatic carbocycles. The van der Waals surface area contributed by atoms with Crippen LogP contribution in [0.5, 0.6) is 0 Å². The van der Waals surface area contributed by atoms with Gasteiger partial charge in [0.15, 0.2) is 0 Å². The number of hydrogen-bond donors (Lipinski definition) is 2. The second-order valence-electron chi connectivity index (χ2n) is 9.18. The van der Waals surface area contributed by atoms with Crippen LogP contribution in [-0.2, 0) is 13.1 Å². The van der Waals surface area contributed by atoms with Crippen molar-refractivity contribution in [2.24, 2.45) is 0 Å². The number of nitrogens with zero attached hydrogens (tertiary/aromatic N) is 3. The molecule has 0 radical (unpaired) electrons. The molecule has 0 aliphatic carbocycles. The van der Waals surface area contributed by atoms with E-state index in [-0.39, 0.29) is 16.6 Å². The highest BCUT2D eigenvalue weighted by molar-refractivity contribution is 6.30. The molecule has 5 rings (SSSR count). The quantitative estimate of drug-likeness (QED) is 0.204. The highest BCUT2D eigenvalue weighted by Gasteiger charge is 2.19. The van der Waals surface area contributed by atoms with Crippen LogP contribution in [0.1, 0.15) is 29.9 Å². The molecule has 5 aromatic rings. The third-order valence-electron chi connectivity index (χ3n) is 6.67. The number of aromatic nitrogens is 4. The summed E-state index contributed by atoms with van der Waals surface area (Å²) >= 11 is 5.95. The Labute approximate surface area is 225 Å². The fourth-order valence-corrected chi connectivity index (χ4v) is 4.94. The highest BCUT2D eigenvalue weighted by atomic mass is 35.5. The Balaban J connectivity index is 1.40. The van der Waals surface area contributed by atoms with Gasteiger partial charge >= 0.3 is 5.69 Å². The maximum absolute atomic E-state index is 14.4. The number of halogens is 2. The summed E-state index contributed by atoms with van der Waals surface area (Å²) in [6.45, 7) is 1.78. The van der Waals surface area contributed by atoms with E-state index in [2.05, 4.69) is 39.6 Å². The molecule has 0 saturated carbocycles. The van der Waals surface area contributed by atoms with E-state index < -0.39 is 5.82 Å². The number of aromatic amines is 1. The SMILES string of the molecule is O=c1[nH]c(NCCC(c2ccccc2)c2ccccc2)c(-c2ccc(Cl)c(F)c2)n1CCCn1ccnc1. The number of imidazole rings is 2. The van der Waals surface area contributed by atoms with Crippen LogP contribution in [0.25, 0.3) is 11.3 Å². The number of aryl methyl sites for hydroxylation is 1. The molecular weight excluding hydrogens is 501 g/mol. The lowest BCUT2D eigenvalue weighted by molar-refractivity contribution is 0.556. The normalized spacial score (nSPS) is 11.2. The van der Waals surface area contributed by atoms with Crippen molar-refractivity contribution in [3.63, 3.8) is 0 Å². The summed E-state index contributed by atoms with van der Waals surface area (Å²) in [5.74, 6) is 0.228. The molecule has 2 N–H and O–H groups in total. The number of H-pyrrole nitrogens is 1. The molecule has 6 nitrogen and oxygen atoms in total. The lowest BCUT2D eigenvalue weighted by Gasteiger charge is -2.19. The summed E-state index contributed by atoms with van der Waals surface area (Å²) in [6.07, 6.45) is 6.87. The Hall–Kier alpha value is -4.10. The number of rotatable bonds is 11. The Bertz CT molecular complexity index is 1470. The van der Waals surface area contributed by atoms with Crippen LogP contribution in [0.15, 0.2) is 102 Å². The van der Waals surface area contributed by atoms with Crippen molar-refractivity contribution in [1.29, 1.82) is 0 Å². The molecule has 0 atom stereocenters. The van der Waals surface area contributed by atoms with E-state index in [1.165, 1.54) is 23.3 Å². The van der Waals surface area contributed by atoms with Gasteiger partial charge in [-0.3, -0.25) is 9.55 Å². The van der Waals surface area contributed by atoms with E-state index >= 15 is 0 Å². The maximum atomic E-state index is 14.4. The summed E-state index contributed by atoms with van der Waals surface area (Å²) in [7, 11) is 0. The van der Waals surface area contributed by atoms with E-state index in [4.69, 9.17) is 11.6 Å². The van der Waals surface area contributed by atoms with E-state index in [1.54, 1.807) is 23.2 Å². The second kappa shape index (κ2) is 12.0. The number of hydrogen-bond acceptors (Lipinski definition) is 3. The highest BCUT2D eigenvalue weighted by Crippen LogP contribution is 2.31. The van der Waals surface area contributed by atoms with Gasteiger partial charge in [-0.05, 0) is 36.1 Å². The fraction of sp³-hybridized carbons (Fsp3) is 0.200. The zero-order chi connectivity index (χ0) is 26.3. The van der Waals surface area contributed by atoms with Crippen molar-refractivity contribution < 1.29 is 4.39 Å². The van der Waals surface area contributed by atoms with Crippen LogP contribution in [0.4, 0.5) is 10.2 Å². The summed E-state index contributed by atoms with van der Waals surface area (Å²) < 4.78 is 18.1. The van der Waals surface area contributed by atoms with Gasteiger partial charge in [-0.15, -0.1) is 0 Å². The van der Waals surface area contributed by atoms with Crippen LogP contribution < -0.4 is 11.0 Å². The van der Waals surface area contributed by atoms with Crippen LogP contribution in [0.3, 0.4) is 0 Å². The third kappa shape index (κ3) is 5.89. The van der Waals surface area contributed by atoms with Gasteiger partial charge < -0.3 is 9.88 Å². The molecule has 0 fully saturated rings. The lowest BCUT2D eigenvalue weighted by atomic mass is 9.88. The van der Waals surface area contributed by atoms with Gasteiger partial charge in [-0.1, -0.05) is 78.3 Å². The van der Waals surface area contributed by atoms with Crippen molar-refractivity contribution in [2.75, 3.05) is 11.9 Å². The monoisotopic (exact) mass is 529 g/mol. The van der Waals surface area contributed by atoms with Crippen LogP contribution >= 0.6 is 11.6 Å². The molecule has 0 saturated heterocycles. The van der Waals surface area contributed by atoms with Gasteiger partial charge in [0.1, 0.15) is 11.6 Å². The number of nitrogens with one attached hydrogen (secondary N) is 2. The minimum Gasteiger partial charge on any atom is -0.370 e. The zero-order valence-electron chi connectivity index (χ0n) is 20.9. The number of benzene rings is 3. The average Bonchev–Trinajstić information content (AvgIpc) is 3.57. The summed E-state index contributed by atoms with van der Waals surface area (Å²) in [6, 6.07) is 25.4.